The molecule has 0 amide bonds. The first-order chi connectivity index (χ1) is 12.7. The lowest BCUT2D eigenvalue weighted by atomic mass is 9.94. The van der Waals surface area contributed by atoms with E-state index in [1.165, 1.54) is 0 Å². The fourth-order valence-corrected chi connectivity index (χ4v) is 2.79. The molecule has 0 bridgehead atoms. The van der Waals surface area contributed by atoms with Crippen molar-refractivity contribution >= 4 is 29.9 Å². The van der Waals surface area contributed by atoms with Crippen LogP contribution in [-0.2, 0) is 16.7 Å². The number of aliphatic imine (C=N–C) groups is 1. The molecule has 1 unspecified atom stereocenters. The first-order valence-corrected chi connectivity index (χ1v) is 9.69. The molecule has 1 atom stereocenters. The summed E-state index contributed by atoms with van der Waals surface area (Å²) in [7, 11) is 0. The zero-order chi connectivity index (χ0) is 19.9. The lowest BCUT2D eigenvalue weighted by Gasteiger charge is -2.34. The maximum atomic E-state index is 10.7. The summed E-state index contributed by atoms with van der Waals surface area (Å²) in [4.78, 5) is 11.0. The van der Waals surface area contributed by atoms with E-state index in [4.69, 9.17) is 9.15 Å². The molecule has 0 saturated carbocycles. The number of aromatic nitrogens is 1. The summed E-state index contributed by atoms with van der Waals surface area (Å²) in [6.07, 6.45) is 1.76. The van der Waals surface area contributed by atoms with E-state index in [9.17, 15) is 5.11 Å². The van der Waals surface area contributed by atoms with Crippen molar-refractivity contribution in [3.8, 4) is 0 Å². The number of halogens is 1. The Morgan fingerprint density at radius 2 is 1.93 bits per heavy atom. The number of hydrogen-bond donors (Lipinski definition) is 3. The third kappa shape index (κ3) is 8.62. The van der Waals surface area contributed by atoms with Crippen LogP contribution in [0.15, 0.2) is 15.6 Å². The zero-order valence-electron chi connectivity index (χ0n) is 17.7. The zero-order valence-corrected chi connectivity index (χ0v) is 20.1. The van der Waals surface area contributed by atoms with Crippen LogP contribution < -0.4 is 10.6 Å². The van der Waals surface area contributed by atoms with Gasteiger partial charge in [-0.3, -0.25) is 4.90 Å². The van der Waals surface area contributed by atoms with E-state index in [2.05, 4.69) is 46.3 Å². The molecule has 1 fully saturated rings. The van der Waals surface area contributed by atoms with E-state index in [0.29, 0.717) is 31.5 Å². The average molecular weight is 509 g/mol. The molecule has 0 radical (unpaired) electrons. The van der Waals surface area contributed by atoms with Crippen molar-refractivity contribution < 1.29 is 14.3 Å². The molecule has 2 heterocycles. The van der Waals surface area contributed by atoms with Gasteiger partial charge in [0.2, 0.25) is 5.89 Å². The smallest absolute Gasteiger partial charge is 0.216 e. The predicted octanol–water partition coefficient (Wildman–Crippen LogP) is 1.73. The van der Waals surface area contributed by atoms with Crippen LogP contribution >= 0.6 is 24.0 Å². The van der Waals surface area contributed by atoms with Gasteiger partial charge in [0.1, 0.15) is 12.3 Å². The highest BCUT2D eigenvalue weighted by Gasteiger charge is 2.25. The minimum atomic E-state index is -0.865. The van der Waals surface area contributed by atoms with Crippen LogP contribution in [0.5, 0.6) is 0 Å². The summed E-state index contributed by atoms with van der Waals surface area (Å²) >= 11 is 0. The Hall–Kier alpha value is -0.910. The Morgan fingerprint density at radius 1 is 1.25 bits per heavy atom. The Morgan fingerprint density at radius 3 is 2.50 bits per heavy atom. The molecular weight excluding hydrogens is 473 g/mol. The number of morpholine rings is 1. The fraction of sp³-hybridized carbons (Fsp3) is 0.789. The van der Waals surface area contributed by atoms with Crippen molar-refractivity contribution in [3.63, 3.8) is 0 Å². The molecule has 3 N–H and O–H groups in total. The van der Waals surface area contributed by atoms with Gasteiger partial charge in [0.05, 0.1) is 25.0 Å². The molecule has 28 heavy (non-hydrogen) atoms. The van der Waals surface area contributed by atoms with Crippen LogP contribution in [0.3, 0.4) is 0 Å². The van der Waals surface area contributed by atoms with Gasteiger partial charge < -0.3 is 24.9 Å². The molecule has 8 nitrogen and oxygen atoms in total. The van der Waals surface area contributed by atoms with Crippen molar-refractivity contribution in [2.75, 3.05) is 45.9 Å². The highest BCUT2D eigenvalue weighted by atomic mass is 127. The number of rotatable bonds is 7. The van der Waals surface area contributed by atoms with Crippen molar-refractivity contribution in [1.82, 2.24) is 20.5 Å². The molecule has 0 aliphatic carbocycles. The number of nitrogens with one attached hydrogen (secondary N) is 2. The van der Waals surface area contributed by atoms with Gasteiger partial charge in [0, 0.05) is 38.1 Å². The van der Waals surface area contributed by atoms with Gasteiger partial charge in [-0.05, 0) is 13.8 Å². The van der Waals surface area contributed by atoms with Gasteiger partial charge in [-0.2, -0.15) is 0 Å². The van der Waals surface area contributed by atoms with Crippen LogP contribution in [0.1, 0.15) is 46.3 Å². The molecule has 2 rings (SSSR count). The van der Waals surface area contributed by atoms with Crippen LogP contribution in [0.25, 0.3) is 0 Å². The van der Waals surface area contributed by atoms with Gasteiger partial charge in [-0.1, -0.05) is 20.8 Å². The first kappa shape index (κ1) is 25.1. The molecular formula is C19H36IN5O3. The van der Waals surface area contributed by atoms with E-state index >= 15 is 0 Å². The standard InChI is InChI=1S/C19H35N5O3.HI/c1-6-20-17(22-12-16-21-11-15(27-16)18(2,3)4)23-13-19(5,25)14-24-7-9-26-10-8-24;/h11,25H,6-10,12-14H2,1-5H3,(H2,20,22,23);1H. The maximum absolute atomic E-state index is 10.7. The molecule has 1 aromatic heterocycles. The molecule has 1 saturated heterocycles. The lowest BCUT2D eigenvalue weighted by Crippen LogP contribution is -2.52. The minimum absolute atomic E-state index is 0. The quantitative estimate of drug-likeness (QED) is 0.293. The molecule has 1 aliphatic rings. The Bertz CT molecular complexity index is 607. The van der Waals surface area contributed by atoms with Crippen LogP contribution in [0, 0.1) is 0 Å². The lowest BCUT2D eigenvalue weighted by molar-refractivity contribution is -0.0201. The van der Waals surface area contributed by atoms with Gasteiger partial charge in [0.15, 0.2) is 5.96 Å². The van der Waals surface area contributed by atoms with E-state index in [0.717, 1.165) is 38.6 Å². The van der Waals surface area contributed by atoms with E-state index in [1.807, 2.05) is 13.8 Å². The number of oxazole rings is 1. The van der Waals surface area contributed by atoms with Crippen LogP contribution in [0.4, 0.5) is 0 Å². The second-order valence-electron chi connectivity index (χ2n) is 8.30. The summed E-state index contributed by atoms with van der Waals surface area (Å²) in [5.74, 6) is 2.06. The van der Waals surface area contributed by atoms with Gasteiger partial charge >= 0.3 is 0 Å². The largest absolute Gasteiger partial charge is 0.443 e. The second-order valence-corrected chi connectivity index (χ2v) is 8.30. The average Bonchev–Trinajstić information content (AvgIpc) is 3.07. The Labute approximate surface area is 185 Å². The number of aliphatic hydroxyl groups is 1. The highest BCUT2D eigenvalue weighted by molar-refractivity contribution is 14.0. The number of β-amino-alcohol motifs (C(OH)–C–C–N with tert-alkyl or cyclic N) is 1. The van der Waals surface area contributed by atoms with Crippen molar-refractivity contribution in [2.45, 2.75) is 52.2 Å². The third-order valence-electron chi connectivity index (χ3n) is 4.31. The first-order valence-electron chi connectivity index (χ1n) is 9.69. The highest BCUT2D eigenvalue weighted by Crippen LogP contribution is 2.22. The SMILES string of the molecule is CCNC(=NCc1ncc(C(C)(C)C)o1)NCC(C)(O)CN1CCOCC1.I. The third-order valence-corrected chi connectivity index (χ3v) is 4.31. The van der Waals surface area contributed by atoms with E-state index in [-0.39, 0.29) is 29.4 Å². The molecule has 162 valence electrons. The van der Waals surface area contributed by atoms with E-state index < -0.39 is 5.60 Å². The number of ether oxygens (including phenoxy) is 1. The monoisotopic (exact) mass is 509 g/mol. The summed E-state index contributed by atoms with van der Waals surface area (Å²) < 4.78 is 11.1. The molecule has 1 aliphatic heterocycles. The predicted molar refractivity (Wildman–Crippen MR) is 121 cm³/mol. The topological polar surface area (TPSA) is 95.2 Å². The Balaban J connectivity index is 0.00000392. The summed E-state index contributed by atoms with van der Waals surface area (Å²) in [6.45, 7) is 15.3. The maximum Gasteiger partial charge on any atom is 0.216 e. The van der Waals surface area contributed by atoms with Crippen molar-refractivity contribution in [3.05, 3.63) is 17.8 Å². The summed E-state index contributed by atoms with van der Waals surface area (Å²) in [5.41, 5.74) is -0.939. The van der Waals surface area contributed by atoms with E-state index in [1.54, 1.807) is 6.20 Å². The second kappa shape index (κ2) is 11.3. The van der Waals surface area contributed by atoms with Gasteiger partial charge in [0.25, 0.3) is 0 Å². The Kier molecular flexibility index (Phi) is 10.2. The van der Waals surface area contributed by atoms with Crippen LogP contribution in [0.2, 0.25) is 0 Å². The number of guanidine groups is 1. The van der Waals surface area contributed by atoms with Crippen molar-refractivity contribution in [1.29, 1.82) is 0 Å². The summed E-state index contributed by atoms with van der Waals surface area (Å²) in [5, 5.41) is 17.1. The normalized spacial score (nSPS) is 18.3. The number of nitrogens with zero attached hydrogens (tertiary/aromatic N) is 3. The number of hydrogen-bond acceptors (Lipinski definition) is 6. The van der Waals surface area contributed by atoms with Crippen molar-refractivity contribution in [2.24, 2.45) is 4.99 Å². The molecule has 0 spiro atoms. The molecule has 1 aromatic rings. The molecule has 0 aromatic carbocycles. The fourth-order valence-electron chi connectivity index (χ4n) is 2.79. The molecule has 9 heteroatoms. The van der Waals surface area contributed by atoms with Gasteiger partial charge in [-0.25, -0.2) is 9.98 Å². The van der Waals surface area contributed by atoms with Gasteiger partial charge in [-0.15, -0.1) is 24.0 Å². The summed E-state index contributed by atoms with van der Waals surface area (Å²) in [6, 6.07) is 0. The minimum Gasteiger partial charge on any atom is -0.443 e. The van der Waals surface area contributed by atoms with Crippen LogP contribution in [-0.4, -0.2) is 72.5 Å².